The summed E-state index contributed by atoms with van der Waals surface area (Å²) in [5.74, 6) is -1.90. The number of phenolic OH excluding ortho intramolecular Hbond substituents is 1. The van der Waals surface area contributed by atoms with Crippen molar-refractivity contribution in [3.05, 3.63) is 29.8 Å². The summed E-state index contributed by atoms with van der Waals surface area (Å²) < 4.78 is 54.5. The van der Waals surface area contributed by atoms with Crippen LogP contribution in [-0.4, -0.2) is 17.2 Å². The largest absolute Gasteiger partial charge is 0.507 e. The Morgan fingerprint density at radius 1 is 1.62 bits per heavy atom. The minimum Gasteiger partial charge on any atom is -0.507 e. The van der Waals surface area contributed by atoms with Crippen LogP contribution in [0.5, 0.6) is 5.75 Å². The van der Waals surface area contributed by atoms with E-state index in [4.69, 9.17) is 9.60 Å². The van der Waals surface area contributed by atoms with Crippen molar-refractivity contribution in [1.29, 1.82) is 0 Å². The quantitative estimate of drug-likeness (QED) is 0.720. The van der Waals surface area contributed by atoms with Gasteiger partial charge in [0.05, 0.1) is 7.45 Å². The molecule has 0 aromatic heterocycles. The smallest absolute Gasteiger partial charge is 0.342 e. The lowest BCUT2D eigenvalue weighted by Gasteiger charge is -2.08. The predicted octanol–water partition coefficient (Wildman–Crippen LogP) is 1.96. The lowest BCUT2D eigenvalue weighted by molar-refractivity contribution is 0.0375. The van der Waals surface area contributed by atoms with E-state index in [1.807, 2.05) is 0 Å². The Kier molecular flexibility index (Phi) is 1.12. The topological polar surface area (TPSA) is 46.5 Å². The zero-order chi connectivity index (χ0) is 15.8. The highest BCUT2D eigenvalue weighted by atomic mass is 16.5. The summed E-state index contributed by atoms with van der Waals surface area (Å²) in [6, 6.07) is 5.05. The number of benzene rings is 1. The molecule has 70 valence electrons. The van der Waals surface area contributed by atoms with Crippen molar-refractivity contribution in [3.8, 4) is 5.75 Å². The highest BCUT2D eigenvalue weighted by Gasteiger charge is 2.12. The van der Waals surface area contributed by atoms with E-state index >= 15 is 0 Å². The van der Waals surface area contributed by atoms with Crippen LogP contribution in [0.25, 0.3) is 0 Å². The maximum Gasteiger partial charge on any atom is 0.342 e. The molecule has 0 saturated heterocycles. The second-order valence-corrected chi connectivity index (χ2v) is 2.24. The van der Waals surface area contributed by atoms with Gasteiger partial charge in [0.15, 0.2) is 0 Å². The van der Waals surface area contributed by atoms with Crippen LogP contribution in [0.2, 0.25) is 0 Å². The maximum atomic E-state index is 11.8. The lowest BCUT2D eigenvalue weighted by atomic mass is 10.2. The molecule has 0 aliphatic rings. The van der Waals surface area contributed by atoms with Gasteiger partial charge in [-0.3, -0.25) is 0 Å². The van der Waals surface area contributed by atoms with Crippen LogP contribution in [0.3, 0.4) is 0 Å². The Bertz CT molecular complexity index is 492. The summed E-state index contributed by atoms with van der Waals surface area (Å²) in [6.45, 7) is -6.75. The van der Waals surface area contributed by atoms with E-state index in [1.165, 1.54) is 12.1 Å². The van der Waals surface area contributed by atoms with E-state index < -0.39 is 37.1 Å². The van der Waals surface area contributed by atoms with Crippen molar-refractivity contribution in [3.63, 3.8) is 0 Å². The van der Waals surface area contributed by atoms with Crippen LogP contribution >= 0.6 is 0 Å². The summed E-state index contributed by atoms with van der Waals surface area (Å²) in [5, 5.41) is 9.44. The van der Waals surface area contributed by atoms with E-state index in [1.54, 1.807) is 0 Å². The molecular weight excluding hydrogens is 168 g/mol. The third-order valence-electron chi connectivity index (χ3n) is 1.32. The second-order valence-electron chi connectivity index (χ2n) is 2.24. The van der Waals surface area contributed by atoms with Gasteiger partial charge in [0.2, 0.25) is 0 Å². The Labute approximate surface area is 86.8 Å². The van der Waals surface area contributed by atoms with Gasteiger partial charge >= 0.3 is 5.97 Å². The van der Waals surface area contributed by atoms with Gasteiger partial charge in [0.1, 0.15) is 11.3 Å². The van der Waals surface area contributed by atoms with Gasteiger partial charge in [-0.2, -0.15) is 0 Å². The molecule has 0 amide bonds. The number of hydrogen-bond acceptors (Lipinski definition) is 3. The zero-order valence-electron chi connectivity index (χ0n) is 13.6. The third kappa shape index (κ3) is 2.47. The van der Waals surface area contributed by atoms with Crippen LogP contribution in [0.15, 0.2) is 24.3 Å². The molecule has 0 fully saturated rings. The van der Waals surface area contributed by atoms with Crippen LogP contribution in [0.4, 0.5) is 0 Å². The Morgan fingerprint density at radius 2 is 2.31 bits per heavy atom. The Hall–Kier alpha value is -1.51. The van der Waals surface area contributed by atoms with E-state index in [0.29, 0.717) is 0 Å². The summed E-state index contributed by atoms with van der Waals surface area (Å²) >= 11 is 0. The molecule has 0 unspecified atom stereocenters. The van der Waals surface area contributed by atoms with Crippen molar-refractivity contribution in [1.82, 2.24) is 0 Å². The second kappa shape index (κ2) is 3.94. The van der Waals surface area contributed by atoms with Crippen molar-refractivity contribution >= 4 is 5.97 Å². The Morgan fingerprint density at radius 3 is 2.92 bits per heavy atom. The Balaban J connectivity index is 3.17. The number of esters is 1. The molecule has 1 aromatic carbocycles. The van der Waals surface area contributed by atoms with Gasteiger partial charge in [-0.15, -0.1) is 0 Å². The van der Waals surface area contributed by atoms with E-state index in [2.05, 4.69) is 4.74 Å². The van der Waals surface area contributed by atoms with Crippen molar-refractivity contribution in [2.75, 3.05) is 0 Å². The molecule has 3 nitrogen and oxygen atoms in total. The molecule has 0 bridgehead atoms. The number of para-hydroxylation sites is 1. The highest BCUT2D eigenvalue weighted by molar-refractivity contribution is 5.92. The molecule has 0 heterocycles. The number of carbonyl (C=O) groups excluding carboxylic acids is 1. The molecule has 0 saturated carbocycles. The first kappa shape index (κ1) is 3.70. The highest BCUT2D eigenvalue weighted by Crippen LogP contribution is 2.16. The average molecular weight is 187 g/mol. The molecule has 13 heavy (non-hydrogen) atoms. The fraction of sp³-hybridized carbons (Fsp3) is 0.300. The standard InChI is InChI=1S/C10H12O3/c1-7(2)13-10(12)8-5-3-4-6-9(8)11/h3-7,11H,1-2H3/i1D3,2D3,7D. The SMILES string of the molecule is [2H]C([2H])([2H])C([2H])(OC(=O)c1ccccc1O)C([2H])([2H])[2H]. The molecule has 0 atom stereocenters. The molecule has 0 aliphatic heterocycles. The molecule has 1 rings (SSSR count). The van der Waals surface area contributed by atoms with Crippen molar-refractivity contribution in [2.24, 2.45) is 0 Å². The minimum absolute atomic E-state index is 0.419. The molecule has 0 radical (unpaired) electrons. The average Bonchev–Trinajstić information content (AvgIpc) is 2.26. The minimum atomic E-state index is -3.42. The fourth-order valence-electron chi connectivity index (χ4n) is 0.794. The number of carbonyl (C=O) groups is 1. The van der Waals surface area contributed by atoms with Gasteiger partial charge in [0.25, 0.3) is 0 Å². The molecule has 0 spiro atoms. The molecule has 0 aliphatic carbocycles. The van der Waals surface area contributed by atoms with Crippen LogP contribution in [-0.2, 0) is 4.74 Å². The number of phenols is 1. The third-order valence-corrected chi connectivity index (χ3v) is 1.32. The van der Waals surface area contributed by atoms with Crippen molar-refractivity contribution < 1.29 is 24.2 Å². The van der Waals surface area contributed by atoms with Gasteiger partial charge < -0.3 is 9.84 Å². The monoisotopic (exact) mass is 187 g/mol. The van der Waals surface area contributed by atoms with E-state index in [9.17, 15) is 9.90 Å². The van der Waals surface area contributed by atoms with Crippen molar-refractivity contribution in [2.45, 2.75) is 19.8 Å². The molecule has 1 N–H and O–H groups in total. The fourth-order valence-corrected chi connectivity index (χ4v) is 0.794. The number of aromatic hydroxyl groups is 1. The maximum absolute atomic E-state index is 11.8. The predicted molar refractivity (Wildman–Crippen MR) is 48.7 cm³/mol. The summed E-state index contributed by atoms with van der Waals surface area (Å²) in [5.41, 5.74) is -0.419. The number of ether oxygens (including phenoxy) is 1. The first-order valence-corrected chi connectivity index (χ1v) is 3.41. The van der Waals surface area contributed by atoms with Crippen LogP contribution in [0.1, 0.15) is 33.7 Å². The zero-order valence-corrected chi connectivity index (χ0v) is 6.57. The molecule has 1 aromatic rings. The normalized spacial score (nSPS) is 20.8. The lowest BCUT2D eigenvalue weighted by Crippen LogP contribution is -2.11. The van der Waals surface area contributed by atoms with Gasteiger partial charge in [0, 0.05) is 8.22 Å². The molecular formula is C10H12O3. The van der Waals surface area contributed by atoms with E-state index in [-0.39, 0.29) is 0 Å². The van der Waals surface area contributed by atoms with Gasteiger partial charge in [-0.25, -0.2) is 4.79 Å². The number of rotatable bonds is 2. The summed E-state index contributed by atoms with van der Waals surface area (Å²) in [7, 11) is 0. The van der Waals surface area contributed by atoms with E-state index in [0.717, 1.165) is 12.1 Å². The summed E-state index contributed by atoms with van der Waals surface area (Å²) in [4.78, 5) is 11.8. The first-order chi connectivity index (χ1) is 8.90. The van der Waals surface area contributed by atoms with Gasteiger partial charge in [-0.1, -0.05) is 12.1 Å². The van der Waals surface area contributed by atoms with Gasteiger partial charge in [-0.05, 0) is 25.8 Å². The first-order valence-electron chi connectivity index (χ1n) is 6.91. The molecule has 3 heteroatoms. The van der Waals surface area contributed by atoms with Crippen LogP contribution < -0.4 is 0 Å². The number of hydrogen-bond donors (Lipinski definition) is 1. The van der Waals surface area contributed by atoms with Crippen LogP contribution in [0, 0.1) is 0 Å². The summed E-state index contributed by atoms with van der Waals surface area (Å²) in [6.07, 6.45) is -3.42.